The summed E-state index contributed by atoms with van der Waals surface area (Å²) in [5.74, 6) is -0.334. The van der Waals surface area contributed by atoms with E-state index in [-0.39, 0.29) is 18.1 Å². The Morgan fingerprint density at radius 1 is 1.33 bits per heavy atom. The maximum Gasteiger partial charge on any atom is 0.435 e. The molecule has 0 saturated heterocycles. The molecule has 0 spiro atoms. The lowest BCUT2D eigenvalue weighted by Crippen LogP contribution is -2.26. The van der Waals surface area contributed by atoms with Gasteiger partial charge in [-0.05, 0) is 42.3 Å². The molecule has 0 atom stereocenters. The van der Waals surface area contributed by atoms with E-state index in [1.165, 1.54) is 4.68 Å². The molecule has 0 unspecified atom stereocenters. The molecule has 2 aromatic heterocycles. The highest BCUT2D eigenvalue weighted by Gasteiger charge is 2.34. The van der Waals surface area contributed by atoms with E-state index in [2.05, 4.69) is 31.4 Å². The van der Waals surface area contributed by atoms with Crippen LogP contribution in [0.15, 0.2) is 10.5 Å². The lowest BCUT2D eigenvalue weighted by atomic mass is 10.3. The van der Waals surface area contributed by atoms with Gasteiger partial charge < -0.3 is 5.32 Å². The average molecular weight is 408 g/mol. The summed E-state index contributed by atoms with van der Waals surface area (Å²) in [4.78, 5) is 12.1. The van der Waals surface area contributed by atoms with Gasteiger partial charge in [-0.3, -0.25) is 14.2 Å². The van der Waals surface area contributed by atoms with Gasteiger partial charge in [-0.15, -0.1) is 0 Å². The topological polar surface area (TPSA) is 64.7 Å². The Kier molecular flexibility index (Phi) is 5.36. The van der Waals surface area contributed by atoms with E-state index in [1.54, 1.807) is 18.7 Å². The molecule has 6 nitrogen and oxygen atoms in total. The monoisotopic (exact) mass is 407 g/mol. The van der Waals surface area contributed by atoms with Gasteiger partial charge in [0.1, 0.15) is 0 Å². The molecule has 0 fully saturated rings. The van der Waals surface area contributed by atoms with Crippen LogP contribution in [0.1, 0.15) is 34.0 Å². The fourth-order valence-electron chi connectivity index (χ4n) is 2.12. The van der Waals surface area contributed by atoms with Crippen molar-refractivity contribution in [3.8, 4) is 0 Å². The summed E-state index contributed by atoms with van der Waals surface area (Å²) < 4.78 is 41.3. The summed E-state index contributed by atoms with van der Waals surface area (Å²) in [5.41, 5.74) is 0.630. The van der Waals surface area contributed by atoms with Crippen LogP contribution in [0, 0.1) is 13.8 Å². The fraction of sp³-hybridized carbons (Fsp3) is 0.500. The van der Waals surface area contributed by atoms with Crippen LogP contribution in [0.3, 0.4) is 0 Å². The van der Waals surface area contributed by atoms with Crippen molar-refractivity contribution in [2.45, 2.75) is 33.0 Å². The van der Waals surface area contributed by atoms with Crippen molar-refractivity contribution in [3.63, 3.8) is 0 Å². The SMILES string of the molecule is Cc1c(Br)c(C(=O)NCCCn2nc(C(F)(F)F)cc2C)nn1C. The minimum Gasteiger partial charge on any atom is -0.351 e. The molecule has 0 aliphatic heterocycles. The summed E-state index contributed by atoms with van der Waals surface area (Å²) in [6.45, 7) is 3.98. The molecule has 0 aliphatic rings. The molecular weight excluding hydrogens is 391 g/mol. The van der Waals surface area contributed by atoms with E-state index in [0.717, 1.165) is 11.8 Å². The third-order valence-corrected chi connectivity index (χ3v) is 4.53. The molecule has 0 aliphatic carbocycles. The smallest absolute Gasteiger partial charge is 0.351 e. The fourth-order valence-corrected chi connectivity index (χ4v) is 2.63. The van der Waals surface area contributed by atoms with E-state index in [1.807, 2.05) is 6.92 Å². The predicted octanol–water partition coefficient (Wildman–Crippen LogP) is 2.83. The van der Waals surface area contributed by atoms with Crippen molar-refractivity contribution in [1.82, 2.24) is 24.9 Å². The standard InChI is InChI=1S/C14H17BrF3N5O/c1-8-7-10(14(16,17)18)20-23(8)6-4-5-19-13(24)12-11(15)9(2)22(3)21-12/h7H,4-6H2,1-3H3,(H,19,24). The molecule has 2 heterocycles. The number of nitrogens with one attached hydrogen (secondary N) is 1. The van der Waals surface area contributed by atoms with Gasteiger partial charge in [0.05, 0.1) is 10.2 Å². The number of carbonyl (C=O) groups is 1. The number of hydrogen-bond donors (Lipinski definition) is 1. The molecule has 24 heavy (non-hydrogen) atoms. The zero-order valence-electron chi connectivity index (χ0n) is 13.4. The third kappa shape index (κ3) is 3.97. The molecule has 0 bridgehead atoms. The van der Waals surface area contributed by atoms with Crippen molar-refractivity contribution < 1.29 is 18.0 Å². The quantitative estimate of drug-likeness (QED) is 0.774. The highest BCUT2D eigenvalue weighted by molar-refractivity contribution is 9.10. The number of amides is 1. The second-order valence-corrected chi connectivity index (χ2v) is 6.17. The molecule has 2 rings (SSSR count). The molecule has 132 valence electrons. The molecule has 2 aromatic rings. The zero-order chi connectivity index (χ0) is 18.1. The Bertz CT molecular complexity index is 750. The number of rotatable bonds is 5. The molecule has 1 N–H and O–H groups in total. The molecule has 0 aromatic carbocycles. The predicted molar refractivity (Wildman–Crippen MR) is 84.6 cm³/mol. The third-order valence-electron chi connectivity index (χ3n) is 3.58. The van der Waals surface area contributed by atoms with E-state index in [9.17, 15) is 18.0 Å². The van der Waals surface area contributed by atoms with Crippen LogP contribution in [0.2, 0.25) is 0 Å². The number of aryl methyl sites for hydroxylation is 3. The minimum absolute atomic E-state index is 0.282. The maximum atomic E-state index is 12.6. The summed E-state index contributed by atoms with van der Waals surface area (Å²) in [7, 11) is 1.73. The van der Waals surface area contributed by atoms with Crippen LogP contribution >= 0.6 is 15.9 Å². The zero-order valence-corrected chi connectivity index (χ0v) is 15.0. The number of hydrogen-bond acceptors (Lipinski definition) is 3. The van der Waals surface area contributed by atoms with Gasteiger partial charge in [0.15, 0.2) is 11.4 Å². The van der Waals surface area contributed by atoms with Gasteiger partial charge in [-0.2, -0.15) is 23.4 Å². The number of nitrogens with zero attached hydrogens (tertiary/aromatic N) is 4. The van der Waals surface area contributed by atoms with Crippen molar-refractivity contribution in [1.29, 1.82) is 0 Å². The average Bonchev–Trinajstić information content (AvgIpc) is 2.99. The first-order valence-electron chi connectivity index (χ1n) is 7.20. The van der Waals surface area contributed by atoms with Crippen molar-refractivity contribution in [2.75, 3.05) is 6.54 Å². The molecule has 1 amide bonds. The first kappa shape index (κ1) is 18.5. The van der Waals surface area contributed by atoms with Gasteiger partial charge in [-0.1, -0.05) is 0 Å². The van der Waals surface area contributed by atoms with Gasteiger partial charge in [0.2, 0.25) is 0 Å². The maximum absolute atomic E-state index is 12.6. The molecule has 10 heteroatoms. The Morgan fingerprint density at radius 2 is 2.00 bits per heavy atom. The van der Waals surface area contributed by atoms with Crippen LogP contribution in [0.25, 0.3) is 0 Å². The number of aromatic nitrogens is 4. The Labute approximate surface area is 145 Å². The normalized spacial score (nSPS) is 11.8. The van der Waals surface area contributed by atoms with Crippen molar-refractivity contribution in [2.24, 2.45) is 7.05 Å². The Hall–Kier alpha value is -1.84. The van der Waals surface area contributed by atoms with Gasteiger partial charge >= 0.3 is 6.18 Å². The van der Waals surface area contributed by atoms with Gasteiger partial charge in [-0.25, -0.2) is 0 Å². The summed E-state index contributed by atoms with van der Waals surface area (Å²) >= 11 is 3.31. The number of halogens is 4. The largest absolute Gasteiger partial charge is 0.435 e. The van der Waals surface area contributed by atoms with Gasteiger partial charge in [0, 0.05) is 25.8 Å². The van der Waals surface area contributed by atoms with Crippen LogP contribution in [0.4, 0.5) is 13.2 Å². The van der Waals surface area contributed by atoms with E-state index in [4.69, 9.17) is 0 Å². The second-order valence-electron chi connectivity index (χ2n) is 5.37. The van der Waals surface area contributed by atoms with E-state index < -0.39 is 11.9 Å². The first-order valence-corrected chi connectivity index (χ1v) is 7.99. The van der Waals surface area contributed by atoms with Crippen LogP contribution < -0.4 is 5.32 Å². The van der Waals surface area contributed by atoms with Gasteiger partial charge in [0.25, 0.3) is 5.91 Å². The summed E-state index contributed by atoms with van der Waals surface area (Å²) in [6.07, 6.45) is -4.00. The first-order chi connectivity index (χ1) is 11.1. The van der Waals surface area contributed by atoms with Crippen molar-refractivity contribution in [3.05, 3.63) is 33.3 Å². The highest BCUT2D eigenvalue weighted by atomic mass is 79.9. The Morgan fingerprint density at radius 3 is 2.50 bits per heavy atom. The number of carbonyl (C=O) groups excluding carboxylic acids is 1. The summed E-state index contributed by atoms with van der Waals surface area (Å²) in [6, 6.07) is 1.01. The molecule has 0 radical (unpaired) electrons. The van der Waals surface area contributed by atoms with Crippen molar-refractivity contribution >= 4 is 21.8 Å². The lowest BCUT2D eigenvalue weighted by Gasteiger charge is -2.06. The lowest BCUT2D eigenvalue weighted by molar-refractivity contribution is -0.141. The van der Waals surface area contributed by atoms with Crippen LogP contribution in [0.5, 0.6) is 0 Å². The van der Waals surface area contributed by atoms with Crippen LogP contribution in [-0.4, -0.2) is 32.0 Å². The van der Waals surface area contributed by atoms with E-state index in [0.29, 0.717) is 23.1 Å². The summed E-state index contributed by atoms with van der Waals surface area (Å²) in [5, 5.41) is 10.3. The minimum atomic E-state index is -4.45. The van der Waals surface area contributed by atoms with Crippen LogP contribution in [-0.2, 0) is 19.8 Å². The second kappa shape index (κ2) is 6.96. The highest BCUT2D eigenvalue weighted by Crippen LogP contribution is 2.28. The molecular formula is C14H17BrF3N5O. The van der Waals surface area contributed by atoms with E-state index >= 15 is 0 Å². The Balaban J connectivity index is 1.88. The number of alkyl halides is 3. The molecule has 0 saturated carbocycles.